The summed E-state index contributed by atoms with van der Waals surface area (Å²) in [4.78, 5) is 26.7. The zero-order chi connectivity index (χ0) is 24.7. The van der Waals surface area contributed by atoms with Crippen molar-refractivity contribution in [2.45, 2.75) is 19.1 Å². The highest BCUT2D eigenvalue weighted by Gasteiger charge is 2.49. The third kappa shape index (κ3) is 3.95. The molecule has 9 heteroatoms. The average molecular weight is 474 g/mol. The summed E-state index contributed by atoms with van der Waals surface area (Å²) in [5.74, 6) is -0.458. The molecule has 0 unspecified atom stereocenters. The van der Waals surface area contributed by atoms with Gasteiger partial charge in [-0.2, -0.15) is 5.10 Å². The monoisotopic (exact) mass is 474 g/mol. The van der Waals surface area contributed by atoms with Crippen LogP contribution in [0.5, 0.6) is 5.75 Å². The number of anilines is 1. The minimum absolute atomic E-state index is 0.192. The molecule has 178 valence electrons. The number of aromatic nitrogens is 2. The first-order chi connectivity index (χ1) is 16.9. The predicted octanol–water partition coefficient (Wildman–Crippen LogP) is 4.36. The Bertz CT molecular complexity index is 1400. The maximum absolute atomic E-state index is 13.4. The number of nitrogens with zero attached hydrogens (tertiary/aromatic N) is 3. The van der Waals surface area contributed by atoms with Gasteiger partial charge in [0.25, 0.3) is 0 Å². The molecule has 1 aromatic heterocycles. The van der Waals surface area contributed by atoms with Gasteiger partial charge in [0.2, 0.25) is 5.91 Å². The summed E-state index contributed by atoms with van der Waals surface area (Å²) >= 11 is 0. The standard InChI is InChI=1S/C26H23FN4O4/c1-15-24(35-26(28)33)23(16-3-10-21(34-2)11-4-16)30(25(15)32)20-9-12-22-17(13-20)14-29-31(22)19-7-5-18(27)6-8-19/h3-15,23-24H,1-2H3,(H2,28,33)/t15-,23+,24-/m0/s1. The van der Waals surface area contributed by atoms with Crippen LogP contribution < -0.4 is 15.4 Å². The van der Waals surface area contributed by atoms with E-state index in [4.69, 9.17) is 15.2 Å². The second-order valence-corrected chi connectivity index (χ2v) is 8.39. The largest absolute Gasteiger partial charge is 0.497 e. The maximum atomic E-state index is 13.4. The molecular formula is C26H23FN4O4. The zero-order valence-corrected chi connectivity index (χ0v) is 19.1. The van der Waals surface area contributed by atoms with Gasteiger partial charge in [0, 0.05) is 11.1 Å². The highest BCUT2D eigenvalue weighted by molar-refractivity contribution is 6.01. The number of fused-ring (bicyclic) bond motifs is 1. The molecule has 2 N–H and O–H groups in total. The first-order valence-corrected chi connectivity index (χ1v) is 11.0. The van der Waals surface area contributed by atoms with Crippen molar-refractivity contribution in [1.82, 2.24) is 9.78 Å². The topological polar surface area (TPSA) is 99.7 Å². The molecule has 0 aliphatic carbocycles. The van der Waals surface area contributed by atoms with Crippen LogP contribution in [0.2, 0.25) is 0 Å². The first kappa shape index (κ1) is 22.4. The van der Waals surface area contributed by atoms with Gasteiger partial charge >= 0.3 is 6.09 Å². The molecule has 2 heterocycles. The molecule has 0 spiro atoms. The van der Waals surface area contributed by atoms with E-state index in [0.717, 1.165) is 16.5 Å². The summed E-state index contributed by atoms with van der Waals surface area (Å²) in [6.45, 7) is 1.72. The summed E-state index contributed by atoms with van der Waals surface area (Å²) in [5.41, 5.74) is 8.26. The predicted molar refractivity (Wildman–Crippen MR) is 128 cm³/mol. The number of hydrogen-bond acceptors (Lipinski definition) is 5. The van der Waals surface area contributed by atoms with Crippen molar-refractivity contribution in [3.8, 4) is 11.4 Å². The van der Waals surface area contributed by atoms with E-state index in [1.165, 1.54) is 12.1 Å². The Labute approximate surface area is 200 Å². The quantitative estimate of drug-likeness (QED) is 0.463. The number of methoxy groups -OCH3 is 1. The number of nitrogens with two attached hydrogens (primary N) is 1. The number of carbonyl (C=O) groups is 2. The van der Waals surface area contributed by atoms with Crippen LogP contribution in [0.1, 0.15) is 18.5 Å². The van der Waals surface area contributed by atoms with Crippen molar-refractivity contribution in [3.63, 3.8) is 0 Å². The van der Waals surface area contributed by atoms with Crippen LogP contribution >= 0.6 is 0 Å². The van der Waals surface area contributed by atoms with Crippen molar-refractivity contribution in [2.75, 3.05) is 12.0 Å². The zero-order valence-electron chi connectivity index (χ0n) is 19.1. The maximum Gasteiger partial charge on any atom is 0.404 e. The van der Waals surface area contributed by atoms with E-state index in [1.807, 2.05) is 30.3 Å². The molecule has 8 nitrogen and oxygen atoms in total. The molecule has 1 fully saturated rings. The third-order valence-electron chi connectivity index (χ3n) is 6.32. The summed E-state index contributed by atoms with van der Waals surface area (Å²) in [6.07, 6.45) is -0.0246. The molecule has 0 saturated carbocycles. The molecule has 0 bridgehead atoms. The second kappa shape index (κ2) is 8.75. The third-order valence-corrected chi connectivity index (χ3v) is 6.32. The molecule has 2 amide bonds. The van der Waals surface area contributed by atoms with Crippen LogP contribution in [0.3, 0.4) is 0 Å². The fraction of sp³-hybridized carbons (Fsp3) is 0.192. The number of primary amides is 1. The van der Waals surface area contributed by atoms with Crippen LogP contribution in [0.25, 0.3) is 16.6 Å². The number of halogens is 1. The number of hydrogen-bond donors (Lipinski definition) is 1. The lowest BCUT2D eigenvalue weighted by Gasteiger charge is -2.28. The van der Waals surface area contributed by atoms with E-state index >= 15 is 0 Å². The van der Waals surface area contributed by atoms with E-state index in [-0.39, 0.29) is 11.7 Å². The minimum Gasteiger partial charge on any atom is -0.497 e. The van der Waals surface area contributed by atoms with Gasteiger partial charge < -0.3 is 20.1 Å². The number of carbonyl (C=O) groups excluding carboxylic acids is 2. The highest BCUT2D eigenvalue weighted by atomic mass is 19.1. The lowest BCUT2D eigenvalue weighted by atomic mass is 9.97. The molecule has 0 radical (unpaired) electrons. The molecule has 3 atom stereocenters. The Balaban J connectivity index is 1.58. The Morgan fingerprint density at radius 1 is 1.03 bits per heavy atom. The fourth-order valence-corrected chi connectivity index (χ4v) is 4.60. The SMILES string of the molecule is COc1ccc([C@@H]2[C@@H](OC(N)=O)[C@H](C)C(=O)N2c2ccc3c(cnn3-c3ccc(F)cc3)c2)cc1. The lowest BCUT2D eigenvalue weighted by molar-refractivity contribution is -0.121. The van der Waals surface area contributed by atoms with E-state index in [0.29, 0.717) is 17.1 Å². The molecule has 35 heavy (non-hydrogen) atoms. The van der Waals surface area contributed by atoms with Gasteiger partial charge in [-0.05, 0) is 67.1 Å². The van der Waals surface area contributed by atoms with Crippen LogP contribution in [-0.2, 0) is 9.53 Å². The summed E-state index contributed by atoms with van der Waals surface area (Å²) in [6, 6.07) is 18.2. The molecular weight excluding hydrogens is 451 g/mol. The van der Waals surface area contributed by atoms with Crippen LogP contribution in [0.15, 0.2) is 72.9 Å². The molecule has 4 aromatic rings. The van der Waals surface area contributed by atoms with Crippen molar-refractivity contribution in [1.29, 1.82) is 0 Å². The van der Waals surface area contributed by atoms with Crippen molar-refractivity contribution < 1.29 is 23.5 Å². The Hall–Kier alpha value is -4.40. The van der Waals surface area contributed by atoms with E-state index < -0.39 is 24.2 Å². The molecule has 1 aliphatic rings. The molecule has 1 aliphatic heterocycles. The van der Waals surface area contributed by atoms with Crippen molar-refractivity contribution in [3.05, 3.63) is 84.3 Å². The van der Waals surface area contributed by atoms with Gasteiger partial charge in [0.05, 0.1) is 36.5 Å². The lowest BCUT2D eigenvalue weighted by Crippen LogP contribution is -2.33. The van der Waals surface area contributed by atoms with Crippen LogP contribution in [-0.4, -0.2) is 35.0 Å². The first-order valence-electron chi connectivity index (χ1n) is 11.0. The van der Waals surface area contributed by atoms with E-state index in [1.54, 1.807) is 54.1 Å². The average Bonchev–Trinajstić information content (AvgIpc) is 3.38. The molecule has 1 saturated heterocycles. The number of amides is 2. The van der Waals surface area contributed by atoms with Gasteiger partial charge in [0.15, 0.2) is 0 Å². The molecule has 3 aromatic carbocycles. The van der Waals surface area contributed by atoms with E-state index in [9.17, 15) is 14.0 Å². The van der Waals surface area contributed by atoms with Gasteiger partial charge in [-0.15, -0.1) is 0 Å². The van der Waals surface area contributed by atoms with Crippen molar-refractivity contribution >= 4 is 28.6 Å². The molecule has 5 rings (SSSR count). The van der Waals surface area contributed by atoms with Gasteiger partial charge in [-0.25, -0.2) is 13.9 Å². The highest BCUT2D eigenvalue weighted by Crippen LogP contribution is 2.43. The number of benzene rings is 3. The van der Waals surface area contributed by atoms with Crippen LogP contribution in [0.4, 0.5) is 14.9 Å². The fourth-order valence-electron chi connectivity index (χ4n) is 4.60. The summed E-state index contributed by atoms with van der Waals surface area (Å²) in [7, 11) is 1.57. The van der Waals surface area contributed by atoms with E-state index in [2.05, 4.69) is 5.10 Å². The Morgan fingerprint density at radius 3 is 2.37 bits per heavy atom. The van der Waals surface area contributed by atoms with Gasteiger partial charge in [-0.3, -0.25) is 4.79 Å². The smallest absolute Gasteiger partial charge is 0.404 e. The summed E-state index contributed by atoms with van der Waals surface area (Å²) < 4.78 is 25.7. The summed E-state index contributed by atoms with van der Waals surface area (Å²) in [5, 5.41) is 5.23. The Kier molecular flexibility index (Phi) is 5.60. The number of rotatable bonds is 5. The van der Waals surface area contributed by atoms with Crippen LogP contribution in [0, 0.1) is 11.7 Å². The second-order valence-electron chi connectivity index (χ2n) is 8.39. The number of ether oxygens (including phenoxy) is 2. The minimum atomic E-state index is -0.939. The normalized spacial score (nSPS) is 19.8. The van der Waals surface area contributed by atoms with Gasteiger partial charge in [-0.1, -0.05) is 12.1 Å². The Morgan fingerprint density at radius 2 is 1.71 bits per heavy atom. The van der Waals surface area contributed by atoms with Crippen molar-refractivity contribution in [2.24, 2.45) is 11.7 Å². The van der Waals surface area contributed by atoms with Gasteiger partial charge in [0.1, 0.15) is 17.7 Å².